The maximum absolute atomic E-state index is 13.0. The zero-order valence-corrected chi connectivity index (χ0v) is 16.6. The second-order valence-electron chi connectivity index (χ2n) is 7.36. The molecular weight excluding hydrogens is 399 g/mol. The van der Waals surface area contributed by atoms with E-state index in [1.165, 1.54) is 12.0 Å². The van der Waals surface area contributed by atoms with E-state index < -0.39 is 24.1 Å². The molecular formula is C20H29FN2O7. The minimum absolute atomic E-state index is 0.158. The van der Waals surface area contributed by atoms with Gasteiger partial charge in [-0.25, -0.2) is 14.0 Å². The van der Waals surface area contributed by atoms with Gasteiger partial charge in [0.15, 0.2) is 12.2 Å². The summed E-state index contributed by atoms with van der Waals surface area (Å²) in [6.45, 7) is 4.82. The molecule has 30 heavy (non-hydrogen) atoms. The molecule has 2 saturated heterocycles. The average Bonchev–Trinajstić information content (AvgIpc) is 3.27. The van der Waals surface area contributed by atoms with Gasteiger partial charge in [0.2, 0.25) is 0 Å². The fourth-order valence-electron chi connectivity index (χ4n) is 3.57. The van der Waals surface area contributed by atoms with Gasteiger partial charge in [0.05, 0.1) is 0 Å². The fourth-order valence-corrected chi connectivity index (χ4v) is 3.57. The predicted molar refractivity (Wildman–Crippen MR) is 104 cm³/mol. The van der Waals surface area contributed by atoms with Gasteiger partial charge in [-0.1, -0.05) is 12.1 Å². The van der Waals surface area contributed by atoms with Crippen LogP contribution >= 0.6 is 0 Å². The normalized spacial score (nSPS) is 21.5. The number of aliphatic hydroxyl groups is 2. The van der Waals surface area contributed by atoms with E-state index in [9.17, 15) is 14.0 Å². The first-order chi connectivity index (χ1) is 14.3. The Morgan fingerprint density at radius 3 is 2.07 bits per heavy atom. The highest BCUT2D eigenvalue weighted by Gasteiger charge is 2.30. The van der Waals surface area contributed by atoms with Gasteiger partial charge in [-0.15, -0.1) is 0 Å². The Hall–Kier alpha value is -2.11. The Labute approximate surface area is 174 Å². The minimum Gasteiger partial charge on any atom is -0.479 e. The Morgan fingerprint density at radius 1 is 1.03 bits per heavy atom. The summed E-state index contributed by atoms with van der Waals surface area (Å²) in [6.07, 6.45) is -1.11. The number of nitrogens with zero attached hydrogens (tertiary/aromatic N) is 1. The van der Waals surface area contributed by atoms with Crippen molar-refractivity contribution in [2.24, 2.45) is 0 Å². The molecule has 1 aromatic rings. The van der Waals surface area contributed by atoms with E-state index in [1.54, 1.807) is 12.1 Å². The fraction of sp³-hybridized carbons (Fsp3) is 0.600. The third-order valence-corrected chi connectivity index (χ3v) is 5.25. The number of carbonyl (C=O) groups is 2. The number of carboxylic acids is 2. The molecule has 0 aromatic heterocycles. The first-order valence-corrected chi connectivity index (χ1v) is 9.90. The maximum Gasteiger partial charge on any atom is 0.335 e. The third kappa shape index (κ3) is 7.29. The molecule has 0 spiro atoms. The van der Waals surface area contributed by atoms with Crippen LogP contribution in [0.3, 0.4) is 0 Å². The van der Waals surface area contributed by atoms with Crippen molar-refractivity contribution in [3.63, 3.8) is 0 Å². The molecule has 168 valence electrons. The number of halogens is 1. The van der Waals surface area contributed by atoms with Crippen molar-refractivity contribution in [1.82, 2.24) is 10.2 Å². The van der Waals surface area contributed by atoms with Crippen LogP contribution in [0, 0.1) is 5.82 Å². The zero-order valence-electron chi connectivity index (χ0n) is 16.6. The van der Waals surface area contributed by atoms with Gasteiger partial charge in [-0.3, -0.25) is 4.90 Å². The van der Waals surface area contributed by atoms with E-state index in [4.69, 9.17) is 25.2 Å². The molecule has 2 heterocycles. The molecule has 3 atom stereocenters. The molecule has 2 aliphatic rings. The lowest BCUT2D eigenvalue weighted by Crippen LogP contribution is -2.46. The number of hydrogen-bond donors (Lipinski definition) is 5. The van der Waals surface area contributed by atoms with Crippen LogP contribution in [0.1, 0.15) is 24.8 Å². The summed E-state index contributed by atoms with van der Waals surface area (Å²) in [6, 6.07) is 8.13. The summed E-state index contributed by atoms with van der Waals surface area (Å²) in [5.74, 6) is -3.70. The SMILES string of the molecule is Fc1ccc(CN(C2CCOCC2)[C@H]2CCNC2)cc1.O=C(O)C(O)C(O)C(=O)O. The number of hydrogen-bond acceptors (Lipinski definition) is 7. The van der Waals surface area contributed by atoms with E-state index in [0.717, 1.165) is 45.7 Å². The van der Waals surface area contributed by atoms with Gasteiger partial charge in [-0.05, 0) is 43.5 Å². The molecule has 10 heteroatoms. The lowest BCUT2D eigenvalue weighted by atomic mass is 10.0. The average molecular weight is 428 g/mol. The smallest absolute Gasteiger partial charge is 0.335 e. The zero-order chi connectivity index (χ0) is 22.1. The molecule has 5 N–H and O–H groups in total. The van der Waals surface area contributed by atoms with Gasteiger partial charge >= 0.3 is 11.9 Å². The van der Waals surface area contributed by atoms with Crippen molar-refractivity contribution in [2.75, 3.05) is 26.3 Å². The van der Waals surface area contributed by atoms with Gasteiger partial charge in [0, 0.05) is 38.4 Å². The standard InChI is InChI=1S/C16H23FN2O.C4H6O6/c17-14-3-1-13(2-4-14)12-19(16-5-8-18-11-16)15-6-9-20-10-7-15;5-1(3(7)8)2(6)4(9)10/h1-4,15-16,18H,5-12H2;1-2,5-6H,(H,7,8)(H,9,10)/t16-;/m0./s1. The minimum atomic E-state index is -2.27. The van der Waals surface area contributed by atoms with Crippen LogP contribution in [0.5, 0.6) is 0 Å². The van der Waals surface area contributed by atoms with Crippen molar-refractivity contribution in [3.05, 3.63) is 35.6 Å². The summed E-state index contributed by atoms with van der Waals surface area (Å²) in [7, 11) is 0. The molecule has 0 bridgehead atoms. The van der Waals surface area contributed by atoms with E-state index in [0.29, 0.717) is 12.1 Å². The van der Waals surface area contributed by atoms with Crippen molar-refractivity contribution in [1.29, 1.82) is 0 Å². The molecule has 1 aromatic carbocycles. The van der Waals surface area contributed by atoms with Crippen LogP contribution in [-0.4, -0.2) is 87.9 Å². The number of aliphatic hydroxyl groups excluding tert-OH is 2. The Morgan fingerprint density at radius 2 is 1.60 bits per heavy atom. The number of carboxylic acid groups (broad SMARTS) is 2. The van der Waals surface area contributed by atoms with Crippen molar-refractivity contribution < 1.29 is 39.1 Å². The molecule has 0 amide bonds. The first-order valence-electron chi connectivity index (χ1n) is 9.90. The molecule has 3 rings (SSSR count). The van der Waals surface area contributed by atoms with E-state index in [1.807, 2.05) is 12.1 Å². The third-order valence-electron chi connectivity index (χ3n) is 5.25. The molecule has 0 aliphatic carbocycles. The Kier molecular flexibility index (Phi) is 9.60. The molecule has 2 unspecified atom stereocenters. The van der Waals surface area contributed by atoms with E-state index >= 15 is 0 Å². The quantitative estimate of drug-likeness (QED) is 0.407. The molecule has 0 radical (unpaired) electrons. The highest BCUT2D eigenvalue weighted by Crippen LogP contribution is 2.23. The highest BCUT2D eigenvalue weighted by atomic mass is 19.1. The molecule has 0 saturated carbocycles. The maximum atomic E-state index is 13.0. The summed E-state index contributed by atoms with van der Waals surface area (Å²) >= 11 is 0. The van der Waals surface area contributed by atoms with Crippen LogP contribution < -0.4 is 5.32 Å². The van der Waals surface area contributed by atoms with Gasteiger partial charge in [0.25, 0.3) is 0 Å². The highest BCUT2D eigenvalue weighted by molar-refractivity contribution is 5.83. The van der Waals surface area contributed by atoms with Crippen molar-refractivity contribution in [2.45, 2.75) is 50.1 Å². The van der Waals surface area contributed by atoms with Crippen molar-refractivity contribution >= 4 is 11.9 Å². The van der Waals surface area contributed by atoms with Crippen LogP contribution in [0.2, 0.25) is 0 Å². The Balaban J connectivity index is 0.000000274. The molecule has 2 aliphatic heterocycles. The van der Waals surface area contributed by atoms with Crippen molar-refractivity contribution in [3.8, 4) is 0 Å². The van der Waals surface area contributed by atoms with Gasteiger partial charge in [0.1, 0.15) is 5.82 Å². The van der Waals surface area contributed by atoms with Gasteiger partial charge in [-0.2, -0.15) is 0 Å². The van der Waals surface area contributed by atoms with Crippen LogP contribution in [0.25, 0.3) is 0 Å². The van der Waals surface area contributed by atoms with E-state index in [2.05, 4.69) is 10.2 Å². The van der Waals surface area contributed by atoms with Gasteiger partial charge < -0.3 is 30.5 Å². The predicted octanol–water partition coefficient (Wildman–Crippen LogP) is 0.0460. The lowest BCUT2D eigenvalue weighted by Gasteiger charge is -2.38. The number of rotatable bonds is 7. The van der Waals surface area contributed by atoms with Crippen LogP contribution in [0.4, 0.5) is 4.39 Å². The lowest BCUT2D eigenvalue weighted by molar-refractivity contribution is -0.165. The summed E-state index contributed by atoms with van der Waals surface area (Å²) < 4.78 is 18.5. The summed E-state index contributed by atoms with van der Waals surface area (Å²) in [4.78, 5) is 22.2. The largest absolute Gasteiger partial charge is 0.479 e. The van der Waals surface area contributed by atoms with E-state index in [-0.39, 0.29) is 5.82 Å². The van der Waals surface area contributed by atoms with Crippen LogP contribution in [0.15, 0.2) is 24.3 Å². The number of ether oxygens (including phenoxy) is 1. The molecule has 2 fully saturated rings. The topological polar surface area (TPSA) is 140 Å². The second-order valence-corrected chi connectivity index (χ2v) is 7.36. The number of nitrogens with one attached hydrogen (secondary N) is 1. The summed E-state index contributed by atoms with van der Waals surface area (Å²) in [5, 5.41) is 36.0. The Bertz CT molecular complexity index is 658. The monoisotopic (exact) mass is 428 g/mol. The number of aliphatic carboxylic acids is 2. The summed E-state index contributed by atoms with van der Waals surface area (Å²) in [5.41, 5.74) is 1.20. The van der Waals surface area contributed by atoms with Crippen LogP contribution in [-0.2, 0) is 20.9 Å². The molecule has 9 nitrogen and oxygen atoms in total. The number of benzene rings is 1. The first kappa shape index (κ1) is 24.2. The second kappa shape index (κ2) is 11.9.